The van der Waals surface area contributed by atoms with Crippen molar-refractivity contribution in [2.24, 2.45) is 0 Å². The molecule has 1 fully saturated rings. The molecule has 0 saturated carbocycles. The Morgan fingerprint density at radius 3 is 2.75 bits per heavy atom. The highest BCUT2D eigenvalue weighted by Gasteiger charge is 2.21. The van der Waals surface area contributed by atoms with Crippen molar-refractivity contribution >= 4 is 33.4 Å². The molecule has 0 aliphatic carbocycles. The Morgan fingerprint density at radius 2 is 2.04 bits per heavy atom. The van der Waals surface area contributed by atoms with Crippen LogP contribution in [-0.4, -0.2) is 59.6 Å². The summed E-state index contributed by atoms with van der Waals surface area (Å²) in [6, 6.07) is 0. The number of nitrogens with zero attached hydrogens (tertiary/aromatic N) is 3. The van der Waals surface area contributed by atoms with Gasteiger partial charge in [-0.15, -0.1) is 11.3 Å². The summed E-state index contributed by atoms with van der Waals surface area (Å²) in [5.74, 6) is -0.279. The molecule has 152 valence electrons. The number of aryl methyl sites for hydroxylation is 1. The van der Waals surface area contributed by atoms with Crippen LogP contribution in [0.5, 0.6) is 0 Å². The molecule has 8 nitrogen and oxygen atoms in total. The third kappa shape index (κ3) is 4.41. The van der Waals surface area contributed by atoms with Crippen molar-refractivity contribution in [2.45, 2.75) is 39.2 Å². The number of methoxy groups -OCH3 is 1. The summed E-state index contributed by atoms with van der Waals surface area (Å²) in [5.41, 5.74) is 0.337. The van der Waals surface area contributed by atoms with Gasteiger partial charge in [-0.05, 0) is 38.2 Å². The van der Waals surface area contributed by atoms with Crippen molar-refractivity contribution in [3.8, 4) is 0 Å². The fourth-order valence-corrected chi connectivity index (χ4v) is 4.43. The largest absolute Gasteiger partial charge is 0.385 e. The molecule has 0 atom stereocenters. The summed E-state index contributed by atoms with van der Waals surface area (Å²) in [5, 5.41) is 3.26. The van der Waals surface area contributed by atoms with Crippen LogP contribution in [0.2, 0.25) is 0 Å². The van der Waals surface area contributed by atoms with Crippen LogP contribution in [0.15, 0.2) is 11.1 Å². The Labute approximate surface area is 167 Å². The van der Waals surface area contributed by atoms with E-state index in [1.54, 1.807) is 18.9 Å². The van der Waals surface area contributed by atoms with Gasteiger partial charge in [0.1, 0.15) is 11.4 Å². The first kappa shape index (κ1) is 20.5. The molecule has 2 aromatic rings. The van der Waals surface area contributed by atoms with Gasteiger partial charge in [0.2, 0.25) is 5.91 Å². The molecule has 2 aromatic heterocycles. The van der Waals surface area contributed by atoms with E-state index in [1.165, 1.54) is 22.2 Å². The topological polar surface area (TPSA) is 93.5 Å². The molecular weight excluding hydrogens is 380 g/mol. The van der Waals surface area contributed by atoms with Gasteiger partial charge < -0.3 is 15.0 Å². The van der Waals surface area contributed by atoms with Crippen LogP contribution in [0, 0.1) is 6.92 Å². The molecule has 0 spiro atoms. The van der Waals surface area contributed by atoms with E-state index in [0.29, 0.717) is 33.8 Å². The summed E-state index contributed by atoms with van der Waals surface area (Å²) in [4.78, 5) is 45.0. The minimum atomic E-state index is -0.275. The Kier molecular flexibility index (Phi) is 6.79. The molecule has 0 bridgehead atoms. The van der Waals surface area contributed by atoms with Crippen LogP contribution in [0.3, 0.4) is 0 Å². The van der Waals surface area contributed by atoms with E-state index >= 15 is 0 Å². The lowest BCUT2D eigenvalue weighted by atomic mass is 10.1. The van der Waals surface area contributed by atoms with Crippen molar-refractivity contribution in [1.82, 2.24) is 19.8 Å². The van der Waals surface area contributed by atoms with E-state index in [1.807, 2.05) is 0 Å². The van der Waals surface area contributed by atoms with Crippen molar-refractivity contribution < 1.29 is 14.3 Å². The maximum Gasteiger partial charge on any atom is 0.262 e. The molecule has 3 rings (SSSR count). The van der Waals surface area contributed by atoms with Crippen LogP contribution in [0.1, 0.15) is 40.9 Å². The summed E-state index contributed by atoms with van der Waals surface area (Å²) in [7, 11) is 1.62. The third-order valence-corrected chi connectivity index (χ3v) is 6.15. The molecule has 1 aliphatic rings. The molecule has 1 N–H and O–H groups in total. The molecule has 2 amide bonds. The number of likely N-dealkylation sites (tertiary alicyclic amines) is 1. The summed E-state index contributed by atoms with van der Waals surface area (Å²) in [6.45, 7) is 4.30. The van der Waals surface area contributed by atoms with Gasteiger partial charge in [0, 0.05) is 33.4 Å². The molecule has 0 aromatic carbocycles. The fourth-order valence-electron chi connectivity index (χ4n) is 3.38. The molecule has 1 aliphatic heterocycles. The van der Waals surface area contributed by atoms with E-state index in [-0.39, 0.29) is 23.9 Å². The average Bonchev–Trinajstić information content (AvgIpc) is 3.05. The van der Waals surface area contributed by atoms with Gasteiger partial charge in [0.05, 0.1) is 16.6 Å². The number of rotatable bonds is 7. The SMILES string of the molecule is COCCCNC(=O)c1sc2ncn(CC(=O)N3CCCCC3)c(=O)c2c1C. The highest BCUT2D eigenvalue weighted by atomic mass is 32.1. The van der Waals surface area contributed by atoms with Crippen LogP contribution in [-0.2, 0) is 16.1 Å². The van der Waals surface area contributed by atoms with Gasteiger partial charge in [-0.3, -0.25) is 19.0 Å². The molecule has 28 heavy (non-hydrogen) atoms. The van der Waals surface area contributed by atoms with Crippen LogP contribution >= 0.6 is 11.3 Å². The van der Waals surface area contributed by atoms with Crippen molar-refractivity contribution in [3.63, 3.8) is 0 Å². The van der Waals surface area contributed by atoms with Gasteiger partial charge in [-0.1, -0.05) is 0 Å². The second kappa shape index (κ2) is 9.29. The van der Waals surface area contributed by atoms with Gasteiger partial charge in [0.25, 0.3) is 11.5 Å². The zero-order valence-electron chi connectivity index (χ0n) is 16.3. The van der Waals surface area contributed by atoms with E-state index < -0.39 is 0 Å². The number of fused-ring (bicyclic) bond motifs is 1. The number of hydrogen-bond acceptors (Lipinski definition) is 6. The maximum absolute atomic E-state index is 12.9. The second-order valence-electron chi connectivity index (χ2n) is 6.96. The lowest BCUT2D eigenvalue weighted by molar-refractivity contribution is -0.132. The Bertz CT molecular complexity index is 915. The third-order valence-electron chi connectivity index (χ3n) is 4.95. The van der Waals surface area contributed by atoms with Gasteiger partial charge in [-0.2, -0.15) is 0 Å². The molecule has 9 heteroatoms. The van der Waals surface area contributed by atoms with E-state index in [9.17, 15) is 14.4 Å². The lowest BCUT2D eigenvalue weighted by Crippen LogP contribution is -2.39. The minimum absolute atomic E-state index is 0.0182. The first-order chi connectivity index (χ1) is 13.5. The van der Waals surface area contributed by atoms with Crippen molar-refractivity contribution in [2.75, 3.05) is 33.4 Å². The number of aromatic nitrogens is 2. The second-order valence-corrected chi connectivity index (χ2v) is 7.96. The van der Waals surface area contributed by atoms with E-state index in [4.69, 9.17) is 4.74 Å². The van der Waals surface area contributed by atoms with Crippen LogP contribution < -0.4 is 10.9 Å². The van der Waals surface area contributed by atoms with E-state index in [0.717, 1.165) is 38.8 Å². The number of thiophene rings is 1. The van der Waals surface area contributed by atoms with E-state index in [2.05, 4.69) is 10.3 Å². The molecule has 0 radical (unpaired) electrons. The molecular formula is C19H26N4O4S. The quantitative estimate of drug-likeness (QED) is 0.704. The Morgan fingerprint density at radius 1 is 1.29 bits per heavy atom. The Hall–Kier alpha value is -2.26. The number of ether oxygens (including phenoxy) is 1. The molecule has 3 heterocycles. The lowest BCUT2D eigenvalue weighted by Gasteiger charge is -2.26. The first-order valence-corrected chi connectivity index (χ1v) is 10.4. The predicted molar refractivity (Wildman–Crippen MR) is 108 cm³/mol. The number of carbonyl (C=O) groups is 2. The fraction of sp³-hybridized carbons (Fsp3) is 0.579. The zero-order valence-corrected chi connectivity index (χ0v) is 17.1. The van der Waals surface area contributed by atoms with Crippen LogP contribution in [0.25, 0.3) is 10.2 Å². The Balaban J connectivity index is 1.79. The number of hydrogen-bond donors (Lipinski definition) is 1. The number of piperidine rings is 1. The molecule has 0 unspecified atom stereocenters. The minimum Gasteiger partial charge on any atom is -0.385 e. The van der Waals surface area contributed by atoms with Gasteiger partial charge in [0.15, 0.2) is 0 Å². The first-order valence-electron chi connectivity index (χ1n) is 9.56. The zero-order chi connectivity index (χ0) is 20.1. The smallest absolute Gasteiger partial charge is 0.262 e. The number of amides is 2. The van der Waals surface area contributed by atoms with Gasteiger partial charge in [-0.25, -0.2) is 4.98 Å². The normalized spacial score (nSPS) is 14.4. The average molecular weight is 407 g/mol. The summed E-state index contributed by atoms with van der Waals surface area (Å²) >= 11 is 1.20. The van der Waals surface area contributed by atoms with Crippen molar-refractivity contribution in [3.05, 3.63) is 27.1 Å². The number of nitrogens with one attached hydrogen (secondary N) is 1. The molecule has 1 saturated heterocycles. The maximum atomic E-state index is 12.9. The number of carbonyl (C=O) groups excluding carboxylic acids is 2. The summed E-state index contributed by atoms with van der Waals surface area (Å²) in [6.07, 6.45) is 5.27. The standard InChI is InChI=1S/C19H26N4O4S/c1-13-15-18(28-16(13)17(25)20-7-6-10-27-2)21-12-23(19(15)26)11-14(24)22-8-4-3-5-9-22/h12H,3-11H2,1-2H3,(H,20,25). The van der Waals surface area contributed by atoms with Gasteiger partial charge >= 0.3 is 0 Å². The highest BCUT2D eigenvalue weighted by Crippen LogP contribution is 2.26. The highest BCUT2D eigenvalue weighted by molar-refractivity contribution is 7.20. The monoisotopic (exact) mass is 406 g/mol. The summed E-state index contributed by atoms with van der Waals surface area (Å²) < 4.78 is 6.32. The van der Waals surface area contributed by atoms with Crippen molar-refractivity contribution in [1.29, 1.82) is 0 Å². The predicted octanol–water partition coefficient (Wildman–Crippen LogP) is 1.55. The van der Waals surface area contributed by atoms with Crippen LogP contribution in [0.4, 0.5) is 0 Å².